The molecule has 0 radical (unpaired) electrons. The van der Waals surface area contributed by atoms with Crippen molar-refractivity contribution in [3.8, 4) is 0 Å². The number of allylic oxidation sites excluding steroid dienone is 2. The molecule has 0 aromatic rings. The van der Waals surface area contributed by atoms with Gasteiger partial charge in [-0.05, 0) is 11.9 Å². The van der Waals surface area contributed by atoms with E-state index in [1.165, 1.54) is 0 Å². The van der Waals surface area contributed by atoms with Crippen molar-refractivity contribution in [2.24, 2.45) is 4.99 Å². The van der Waals surface area contributed by atoms with Crippen molar-refractivity contribution < 1.29 is 4.74 Å². The Bertz CT molecular complexity index is 163. The minimum absolute atomic E-state index is 0.632. The number of rotatable bonds is 1. The van der Waals surface area contributed by atoms with E-state index in [1.807, 2.05) is 6.08 Å². The Labute approximate surface area is 48.2 Å². The topological polar surface area (TPSA) is 21.6 Å². The molecule has 0 saturated carbocycles. The SMILES string of the molecule is COC1=CC=C=NC1. The number of hydrogen-bond donors (Lipinski definition) is 0. The van der Waals surface area contributed by atoms with Crippen LogP contribution in [-0.4, -0.2) is 19.5 Å². The summed E-state index contributed by atoms with van der Waals surface area (Å²) in [5.41, 5.74) is 0. The Morgan fingerprint density at radius 2 is 2.75 bits per heavy atom. The molecule has 2 heteroatoms. The maximum Gasteiger partial charge on any atom is 0.118 e. The number of methoxy groups -OCH3 is 1. The van der Waals surface area contributed by atoms with Gasteiger partial charge in [0.15, 0.2) is 0 Å². The number of nitrogens with zero attached hydrogens (tertiary/aromatic N) is 1. The standard InChI is InChI=1S/C6H7NO/c1-8-6-3-2-4-7-5-6/h2-3H,5H2,1H3. The van der Waals surface area contributed by atoms with Gasteiger partial charge in [0.25, 0.3) is 0 Å². The van der Waals surface area contributed by atoms with Crippen molar-refractivity contribution in [2.45, 2.75) is 0 Å². The van der Waals surface area contributed by atoms with E-state index in [9.17, 15) is 0 Å². The van der Waals surface area contributed by atoms with Gasteiger partial charge in [-0.2, -0.15) is 0 Å². The zero-order chi connectivity index (χ0) is 5.82. The molecular weight excluding hydrogens is 102 g/mol. The van der Waals surface area contributed by atoms with Gasteiger partial charge in [-0.15, -0.1) is 0 Å². The fourth-order valence-corrected chi connectivity index (χ4v) is 0.492. The second-order valence-electron chi connectivity index (χ2n) is 1.45. The third-order valence-electron chi connectivity index (χ3n) is 0.932. The van der Waals surface area contributed by atoms with E-state index < -0.39 is 0 Å². The summed E-state index contributed by atoms with van der Waals surface area (Å²) in [6.07, 6.45) is 3.59. The molecule has 0 fully saturated rings. The van der Waals surface area contributed by atoms with Gasteiger partial charge in [0.1, 0.15) is 12.3 Å². The molecule has 1 rings (SSSR count). The van der Waals surface area contributed by atoms with E-state index in [0.29, 0.717) is 6.54 Å². The van der Waals surface area contributed by atoms with Gasteiger partial charge < -0.3 is 4.74 Å². The lowest BCUT2D eigenvalue weighted by Gasteiger charge is -2.00. The molecule has 0 bridgehead atoms. The average Bonchev–Trinajstić information content (AvgIpc) is 1.90. The summed E-state index contributed by atoms with van der Waals surface area (Å²) in [5.74, 6) is 3.58. The lowest BCUT2D eigenvalue weighted by atomic mass is 10.4. The Kier molecular flexibility index (Phi) is 1.50. The first-order chi connectivity index (χ1) is 3.93. The van der Waals surface area contributed by atoms with Gasteiger partial charge in [-0.25, -0.2) is 4.99 Å². The van der Waals surface area contributed by atoms with Crippen LogP contribution >= 0.6 is 0 Å². The van der Waals surface area contributed by atoms with Crippen LogP contribution in [0.1, 0.15) is 0 Å². The lowest BCUT2D eigenvalue weighted by molar-refractivity contribution is 0.287. The van der Waals surface area contributed by atoms with Crippen LogP contribution in [0.25, 0.3) is 0 Å². The molecule has 0 aromatic heterocycles. The maximum absolute atomic E-state index is 4.89. The zero-order valence-corrected chi connectivity index (χ0v) is 4.72. The molecule has 1 aliphatic heterocycles. The highest BCUT2D eigenvalue weighted by Gasteiger charge is 1.91. The monoisotopic (exact) mass is 109 g/mol. The molecule has 1 heterocycles. The summed E-state index contributed by atoms with van der Waals surface area (Å²) in [4.78, 5) is 3.83. The van der Waals surface area contributed by atoms with Gasteiger partial charge in [0.05, 0.1) is 7.11 Å². The molecule has 0 N–H and O–H groups in total. The van der Waals surface area contributed by atoms with E-state index in [4.69, 9.17) is 4.74 Å². The van der Waals surface area contributed by atoms with E-state index >= 15 is 0 Å². The highest BCUT2D eigenvalue weighted by atomic mass is 16.5. The quantitative estimate of drug-likeness (QED) is 0.487. The molecule has 2 nitrogen and oxygen atoms in total. The summed E-state index contributed by atoms with van der Waals surface area (Å²) in [6.45, 7) is 0.632. The normalized spacial score (nSPS) is 15.9. The summed E-state index contributed by atoms with van der Waals surface area (Å²) in [7, 11) is 1.64. The van der Waals surface area contributed by atoms with E-state index in [-0.39, 0.29) is 0 Å². The smallest absolute Gasteiger partial charge is 0.118 e. The Balaban J connectivity index is 2.63. The summed E-state index contributed by atoms with van der Waals surface area (Å²) in [5, 5.41) is 0. The molecule has 0 atom stereocenters. The zero-order valence-electron chi connectivity index (χ0n) is 4.72. The van der Waals surface area contributed by atoms with Crippen LogP contribution in [0.3, 0.4) is 0 Å². The highest BCUT2D eigenvalue weighted by Crippen LogP contribution is 1.97. The minimum Gasteiger partial charge on any atom is -0.499 e. The summed E-state index contributed by atoms with van der Waals surface area (Å²) < 4.78 is 4.89. The first-order valence-electron chi connectivity index (χ1n) is 2.42. The maximum atomic E-state index is 4.89. The molecule has 42 valence electrons. The minimum atomic E-state index is 0.632. The van der Waals surface area contributed by atoms with Gasteiger partial charge >= 0.3 is 0 Å². The van der Waals surface area contributed by atoms with Crippen molar-refractivity contribution in [1.82, 2.24) is 0 Å². The van der Waals surface area contributed by atoms with Crippen molar-refractivity contribution in [3.63, 3.8) is 0 Å². The lowest BCUT2D eigenvalue weighted by Crippen LogP contribution is -1.92. The fraction of sp³-hybridized carbons (Fsp3) is 0.333. The van der Waals surface area contributed by atoms with Crippen molar-refractivity contribution in [3.05, 3.63) is 17.9 Å². The molecule has 8 heavy (non-hydrogen) atoms. The fourth-order valence-electron chi connectivity index (χ4n) is 0.492. The van der Waals surface area contributed by atoms with E-state index in [0.717, 1.165) is 5.76 Å². The Morgan fingerprint density at radius 1 is 1.88 bits per heavy atom. The molecule has 0 aliphatic carbocycles. The first kappa shape index (κ1) is 5.13. The number of hydrogen-bond acceptors (Lipinski definition) is 2. The van der Waals surface area contributed by atoms with Crippen LogP contribution in [0.2, 0.25) is 0 Å². The Hall–Kier alpha value is -1.01. The third kappa shape index (κ3) is 0.983. The second kappa shape index (κ2) is 2.34. The highest BCUT2D eigenvalue weighted by molar-refractivity contribution is 5.56. The molecule has 0 spiro atoms. The van der Waals surface area contributed by atoms with Crippen LogP contribution in [-0.2, 0) is 4.74 Å². The van der Waals surface area contributed by atoms with Crippen LogP contribution in [0.15, 0.2) is 22.9 Å². The van der Waals surface area contributed by atoms with Gasteiger partial charge in [0.2, 0.25) is 0 Å². The van der Waals surface area contributed by atoms with Crippen LogP contribution in [0.4, 0.5) is 0 Å². The van der Waals surface area contributed by atoms with E-state index in [1.54, 1.807) is 13.2 Å². The number of aliphatic imine (C=N–C) groups is 1. The molecule has 0 amide bonds. The largest absolute Gasteiger partial charge is 0.499 e. The van der Waals surface area contributed by atoms with Crippen molar-refractivity contribution >= 4 is 5.87 Å². The number of ether oxygens (including phenoxy) is 1. The summed E-state index contributed by atoms with van der Waals surface area (Å²) in [6, 6.07) is 0. The van der Waals surface area contributed by atoms with Crippen LogP contribution in [0.5, 0.6) is 0 Å². The first-order valence-corrected chi connectivity index (χ1v) is 2.42. The molecular formula is C6H7NO. The molecule has 0 unspecified atom stereocenters. The summed E-state index contributed by atoms with van der Waals surface area (Å²) >= 11 is 0. The third-order valence-corrected chi connectivity index (χ3v) is 0.932. The second-order valence-corrected chi connectivity index (χ2v) is 1.45. The molecule has 0 saturated heterocycles. The van der Waals surface area contributed by atoms with Crippen molar-refractivity contribution in [1.29, 1.82) is 0 Å². The van der Waals surface area contributed by atoms with Gasteiger partial charge in [-0.1, -0.05) is 0 Å². The van der Waals surface area contributed by atoms with Crippen LogP contribution in [0, 0.1) is 0 Å². The molecule has 1 aliphatic rings. The Morgan fingerprint density at radius 3 is 3.12 bits per heavy atom. The predicted octanol–water partition coefficient (Wildman–Crippen LogP) is 0.756. The average molecular weight is 109 g/mol. The predicted molar refractivity (Wildman–Crippen MR) is 32.0 cm³/mol. The van der Waals surface area contributed by atoms with Crippen LogP contribution < -0.4 is 0 Å². The van der Waals surface area contributed by atoms with Gasteiger partial charge in [0, 0.05) is 6.08 Å². The molecule has 0 aromatic carbocycles. The van der Waals surface area contributed by atoms with Crippen molar-refractivity contribution in [2.75, 3.05) is 13.7 Å². The van der Waals surface area contributed by atoms with E-state index in [2.05, 4.69) is 10.9 Å². The van der Waals surface area contributed by atoms with Gasteiger partial charge in [-0.3, -0.25) is 0 Å².